The first-order valence-corrected chi connectivity index (χ1v) is 12.9. The minimum absolute atomic E-state index is 0. The fraction of sp³-hybridized carbons (Fsp3) is 0.360. The van der Waals surface area contributed by atoms with Crippen molar-refractivity contribution in [3.05, 3.63) is 99.7 Å². The van der Waals surface area contributed by atoms with Crippen LogP contribution < -0.4 is 26.9 Å². The van der Waals surface area contributed by atoms with Crippen molar-refractivity contribution < 1.29 is 22.0 Å². The van der Waals surface area contributed by atoms with Crippen LogP contribution in [0.2, 0.25) is 0 Å². The zero-order valence-electron chi connectivity index (χ0n) is 21.7. The Morgan fingerprint density at radius 1 is 0.868 bits per heavy atom. The van der Waals surface area contributed by atoms with Crippen LogP contribution in [0.4, 0.5) is 5.00 Å². The van der Waals surface area contributed by atoms with Crippen molar-refractivity contribution in [3.63, 3.8) is 0 Å². The van der Waals surface area contributed by atoms with Gasteiger partial charge in [-0.25, -0.2) is 0 Å². The Morgan fingerprint density at radius 3 is 1.71 bits per heavy atom. The van der Waals surface area contributed by atoms with Crippen molar-refractivity contribution in [2.75, 3.05) is 39.3 Å². The Hall–Kier alpha value is -2.90. The number of rotatable bonds is 3. The largest absolute Gasteiger partial charge is 2.00 e. The summed E-state index contributed by atoms with van der Waals surface area (Å²) in [5.74, 6) is 0. The van der Waals surface area contributed by atoms with E-state index < -0.39 is 0 Å². The van der Waals surface area contributed by atoms with Gasteiger partial charge in [0.2, 0.25) is 0 Å². The van der Waals surface area contributed by atoms with E-state index in [1.807, 2.05) is 56.4 Å². The van der Waals surface area contributed by atoms with Crippen LogP contribution in [0.25, 0.3) is 0 Å². The number of nitrogens with zero attached hydrogens (tertiary/aromatic N) is 4. The van der Waals surface area contributed by atoms with Crippen molar-refractivity contribution >= 4 is 16.3 Å². The van der Waals surface area contributed by atoms with E-state index in [9.17, 15) is 10.1 Å². The smallest absolute Gasteiger partial charge is 0.314 e. The average molecular weight is 584 g/mol. The predicted octanol–water partition coefficient (Wildman–Crippen LogP) is 2.50. The number of hydrogen-bond donors (Lipinski definition) is 5. The molecular formula is C25H37FeN9O2S+2. The topological polar surface area (TPSA) is 132 Å². The molecule has 5 rings (SSSR count). The Balaban J connectivity index is 0.000000264. The third-order valence-electron chi connectivity index (χ3n) is 4.76. The molecule has 5 N–H and O–H groups in total. The molecule has 206 valence electrons. The normalized spacial score (nSPS) is 14.2. The van der Waals surface area contributed by atoms with E-state index in [2.05, 4.69) is 36.9 Å². The molecule has 0 spiro atoms. The van der Waals surface area contributed by atoms with Gasteiger partial charge in [-0.1, -0.05) is 23.5 Å². The molecule has 1 fully saturated rings. The second-order valence-corrected chi connectivity index (χ2v) is 9.04. The first-order valence-electron chi connectivity index (χ1n) is 12.1. The van der Waals surface area contributed by atoms with Gasteiger partial charge in [0.1, 0.15) is 0 Å². The number of thiophene rings is 1. The predicted molar refractivity (Wildman–Crippen MR) is 148 cm³/mol. The van der Waals surface area contributed by atoms with Crippen LogP contribution in [0.3, 0.4) is 0 Å². The van der Waals surface area contributed by atoms with Gasteiger partial charge >= 0.3 is 22.1 Å². The summed E-state index contributed by atoms with van der Waals surface area (Å²) in [6.07, 6.45) is 7.15. The summed E-state index contributed by atoms with van der Waals surface area (Å²) in [5.41, 5.74) is 7.78. The monoisotopic (exact) mass is 583 g/mol. The molecule has 0 atom stereocenters. The molecule has 5 heterocycles. The van der Waals surface area contributed by atoms with Crippen molar-refractivity contribution in [3.8, 4) is 0 Å². The summed E-state index contributed by atoms with van der Waals surface area (Å²) in [7, 11) is 0. The first kappa shape index (κ1) is 33.1. The molecule has 3 aromatic heterocycles. The van der Waals surface area contributed by atoms with E-state index in [-0.39, 0.29) is 27.0 Å². The Morgan fingerprint density at radius 2 is 1.39 bits per heavy atom. The fourth-order valence-corrected chi connectivity index (χ4v) is 3.72. The van der Waals surface area contributed by atoms with Gasteiger partial charge in [0.25, 0.3) is 0 Å². The van der Waals surface area contributed by atoms with Crippen LogP contribution in [0.5, 0.6) is 0 Å². The van der Waals surface area contributed by atoms with Gasteiger partial charge in [-0.05, 0) is 44.2 Å². The number of hydrazine groups is 2. The zero-order valence-corrected chi connectivity index (χ0v) is 23.7. The van der Waals surface area contributed by atoms with E-state index in [1.165, 1.54) is 17.4 Å². The summed E-state index contributed by atoms with van der Waals surface area (Å²) in [6, 6.07) is 15.0. The van der Waals surface area contributed by atoms with Gasteiger partial charge in [0.05, 0.1) is 11.5 Å². The van der Waals surface area contributed by atoms with Crippen molar-refractivity contribution in [1.29, 1.82) is 0 Å². The molecule has 0 saturated carbocycles. The Bertz CT molecular complexity index is 960. The van der Waals surface area contributed by atoms with E-state index in [1.54, 1.807) is 29.7 Å². The molecule has 3 aromatic rings. The summed E-state index contributed by atoms with van der Waals surface area (Å²) < 4.78 is 0. The third-order valence-corrected chi connectivity index (χ3v) is 5.78. The van der Waals surface area contributed by atoms with Crippen molar-refractivity contribution in [2.45, 2.75) is 20.4 Å². The molecule has 13 heteroatoms. The van der Waals surface area contributed by atoms with E-state index >= 15 is 0 Å². The van der Waals surface area contributed by atoms with E-state index in [0.29, 0.717) is 6.54 Å². The molecule has 0 aliphatic carbocycles. The van der Waals surface area contributed by atoms with Gasteiger partial charge in [-0.2, -0.15) is 0 Å². The van der Waals surface area contributed by atoms with Crippen LogP contribution in [-0.2, 0) is 23.6 Å². The minimum Gasteiger partial charge on any atom is -0.314 e. The van der Waals surface area contributed by atoms with Crippen molar-refractivity contribution in [2.24, 2.45) is 0 Å². The fourth-order valence-electron chi connectivity index (χ4n) is 2.90. The van der Waals surface area contributed by atoms with Gasteiger partial charge < -0.3 is 21.4 Å². The standard InChI is InChI=1S/C7H8N4O2S.C6H15N3.2C6H7N.Fe/c12-11(13)7-2-1-6(14-7)5-10-4-3-8-9-10;1-2-8-5-6-9-4-3-7-1;2*1-6-4-2-3-5-7-6;/h1-4,8-9H,5H2;7-9H,1-6H2;2*2-5H,1H3;/q;;;;+2. The molecule has 38 heavy (non-hydrogen) atoms. The number of aromatic nitrogens is 2. The van der Waals surface area contributed by atoms with Crippen molar-refractivity contribution in [1.82, 2.24) is 41.9 Å². The molecule has 0 aromatic carbocycles. The minimum atomic E-state index is -0.375. The van der Waals surface area contributed by atoms with Gasteiger partial charge in [0.15, 0.2) is 0 Å². The molecular weight excluding hydrogens is 546 g/mol. The SMILES string of the molecule is C1CNCCNCCN1.Cc1ccccn1.Cc1ccccn1.O=[N+]([O-])c1ccc(CN2C=CNN2)s1.[Fe+2]. The number of hydrogen-bond acceptors (Lipinski definition) is 11. The summed E-state index contributed by atoms with van der Waals surface area (Å²) in [6.45, 7) is 11.2. The zero-order chi connectivity index (χ0) is 26.6. The van der Waals surface area contributed by atoms with E-state index in [4.69, 9.17) is 0 Å². The first-order chi connectivity index (χ1) is 18.0. The van der Waals surface area contributed by atoms with Crippen LogP contribution >= 0.6 is 11.3 Å². The quantitative estimate of drug-likeness (QED) is 0.178. The molecule has 0 radical (unpaired) electrons. The second kappa shape index (κ2) is 21.1. The molecule has 0 bridgehead atoms. The number of nitrogens with one attached hydrogen (secondary N) is 5. The van der Waals surface area contributed by atoms with Crippen LogP contribution in [-0.4, -0.2) is 59.2 Å². The molecule has 0 amide bonds. The second-order valence-electron chi connectivity index (χ2n) is 7.89. The van der Waals surface area contributed by atoms with Gasteiger partial charge in [-0.3, -0.25) is 25.1 Å². The van der Waals surface area contributed by atoms with Crippen LogP contribution in [0.15, 0.2) is 73.3 Å². The van der Waals surface area contributed by atoms with Crippen LogP contribution in [0.1, 0.15) is 16.3 Å². The molecule has 11 nitrogen and oxygen atoms in total. The third kappa shape index (κ3) is 16.0. The Kier molecular flexibility index (Phi) is 18.4. The van der Waals surface area contributed by atoms with Crippen LogP contribution in [0, 0.1) is 24.0 Å². The maximum atomic E-state index is 10.4. The number of nitro groups is 1. The molecule has 0 unspecified atom stereocenters. The van der Waals surface area contributed by atoms with E-state index in [0.717, 1.165) is 55.5 Å². The summed E-state index contributed by atoms with van der Waals surface area (Å²) >= 11 is 1.19. The number of pyridine rings is 2. The van der Waals surface area contributed by atoms with Gasteiger partial charge in [0, 0.05) is 86.4 Å². The maximum absolute atomic E-state index is 10.4. The molecule has 1 saturated heterocycles. The number of aryl methyl sites for hydroxylation is 2. The maximum Gasteiger partial charge on any atom is 2.00 e. The Labute approximate surface area is 239 Å². The molecule has 2 aliphatic heterocycles. The summed E-state index contributed by atoms with van der Waals surface area (Å²) in [5, 5.41) is 22.3. The summed E-state index contributed by atoms with van der Waals surface area (Å²) in [4.78, 5) is 18.9. The average Bonchev–Trinajstić information content (AvgIpc) is 3.61. The molecule has 2 aliphatic rings. The van der Waals surface area contributed by atoms with Gasteiger partial charge in [-0.15, -0.1) is 5.53 Å².